The van der Waals surface area contributed by atoms with E-state index in [1.54, 1.807) is 0 Å². The van der Waals surface area contributed by atoms with E-state index in [0.717, 1.165) is 12.8 Å². The molecule has 16 heavy (non-hydrogen) atoms. The van der Waals surface area contributed by atoms with Gasteiger partial charge in [0.05, 0.1) is 4.92 Å². The normalized spacial score (nSPS) is 9.81. The lowest BCUT2D eigenvalue weighted by Gasteiger charge is -2.00. The standard InChI is InChI=1S/C11H13N2O3/c1-2-3-8-12-11(14)9-4-6-10(7-5-9)13(15)16/h4-7H,2-3,8H2,1H3. The number of unbranched alkanes of at least 4 members (excludes halogenated alkanes) is 1. The molecular weight excluding hydrogens is 208 g/mol. The van der Waals surface area contributed by atoms with Crippen molar-refractivity contribution in [2.24, 2.45) is 0 Å². The second-order valence-corrected chi connectivity index (χ2v) is 3.34. The first-order valence-corrected chi connectivity index (χ1v) is 5.11. The Morgan fingerprint density at radius 3 is 2.50 bits per heavy atom. The number of carbonyl (C=O) groups is 1. The zero-order chi connectivity index (χ0) is 12.0. The molecule has 85 valence electrons. The summed E-state index contributed by atoms with van der Waals surface area (Å²) in [7, 11) is 0. The van der Waals surface area contributed by atoms with Crippen LogP contribution in [0.1, 0.15) is 30.1 Å². The molecule has 0 saturated carbocycles. The maximum atomic E-state index is 11.5. The average molecular weight is 221 g/mol. The summed E-state index contributed by atoms with van der Waals surface area (Å²) in [5.41, 5.74) is 0.367. The molecule has 0 saturated heterocycles. The fourth-order valence-electron chi connectivity index (χ4n) is 1.16. The summed E-state index contributed by atoms with van der Waals surface area (Å²) < 4.78 is 0. The van der Waals surface area contributed by atoms with E-state index in [1.807, 2.05) is 6.92 Å². The lowest BCUT2D eigenvalue weighted by atomic mass is 10.2. The maximum Gasteiger partial charge on any atom is 0.272 e. The summed E-state index contributed by atoms with van der Waals surface area (Å²) in [5, 5.41) is 14.2. The molecule has 0 N–H and O–H groups in total. The van der Waals surface area contributed by atoms with Gasteiger partial charge in [0, 0.05) is 24.2 Å². The Morgan fingerprint density at radius 2 is 2.00 bits per heavy atom. The first kappa shape index (κ1) is 12.2. The van der Waals surface area contributed by atoms with Gasteiger partial charge in [-0.15, -0.1) is 0 Å². The summed E-state index contributed by atoms with van der Waals surface area (Å²) in [6, 6.07) is 5.47. The van der Waals surface area contributed by atoms with E-state index in [-0.39, 0.29) is 11.6 Å². The molecule has 1 rings (SSSR count). The number of amides is 1. The van der Waals surface area contributed by atoms with Crippen molar-refractivity contribution in [3.63, 3.8) is 0 Å². The number of non-ortho nitro benzene ring substituents is 1. The van der Waals surface area contributed by atoms with Gasteiger partial charge in [-0.1, -0.05) is 13.3 Å². The van der Waals surface area contributed by atoms with Gasteiger partial charge in [0.2, 0.25) is 0 Å². The Morgan fingerprint density at radius 1 is 1.38 bits per heavy atom. The fraction of sp³-hybridized carbons (Fsp3) is 0.364. The molecule has 0 bridgehead atoms. The van der Waals surface area contributed by atoms with Gasteiger partial charge in [-0.25, -0.2) is 5.32 Å². The molecule has 0 fully saturated rings. The van der Waals surface area contributed by atoms with Crippen LogP contribution in [-0.4, -0.2) is 17.4 Å². The smallest absolute Gasteiger partial charge is 0.267 e. The van der Waals surface area contributed by atoms with Crippen molar-refractivity contribution < 1.29 is 9.72 Å². The molecule has 5 nitrogen and oxygen atoms in total. The second kappa shape index (κ2) is 5.85. The highest BCUT2D eigenvalue weighted by Crippen LogP contribution is 2.11. The van der Waals surface area contributed by atoms with Crippen LogP contribution in [0.3, 0.4) is 0 Å². The Bertz CT molecular complexity index is 373. The topological polar surface area (TPSA) is 74.3 Å². The molecule has 1 amide bonds. The third-order valence-corrected chi connectivity index (χ3v) is 2.09. The first-order chi connectivity index (χ1) is 7.65. The van der Waals surface area contributed by atoms with Crippen molar-refractivity contribution in [3.8, 4) is 0 Å². The highest BCUT2D eigenvalue weighted by molar-refractivity contribution is 5.94. The van der Waals surface area contributed by atoms with Crippen molar-refractivity contribution in [1.29, 1.82) is 0 Å². The fourth-order valence-corrected chi connectivity index (χ4v) is 1.16. The van der Waals surface area contributed by atoms with Crippen molar-refractivity contribution >= 4 is 11.6 Å². The molecule has 0 aromatic heterocycles. The Labute approximate surface area is 93.6 Å². The van der Waals surface area contributed by atoms with Crippen LogP contribution in [0.4, 0.5) is 5.69 Å². The van der Waals surface area contributed by atoms with Crippen LogP contribution < -0.4 is 5.32 Å². The predicted molar refractivity (Wildman–Crippen MR) is 59.3 cm³/mol. The number of carbonyl (C=O) groups excluding carboxylic acids is 1. The van der Waals surface area contributed by atoms with E-state index in [2.05, 4.69) is 5.32 Å². The van der Waals surface area contributed by atoms with Gasteiger partial charge in [0.25, 0.3) is 11.6 Å². The number of benzene rings is 1. The number of hydrogen-bond donors (Lipinski definition) is 0. The van der Waals surface area contributed by atoms with Gasteiger partial charge in [0.15, 0.2) is 0 Å². The number of nitro benzene ring substituents is 1. The molecule has 5 heteroatoms. The van der Waals surface area contributed by atoms with Crippen molar-refractivity contribution in [3.05, 3.63) is 39.9 Å². The average Bonchev–Trinajstić information content (AvgIpc) is 2.29. The number of rotatable bonds is 5. The Balaban J connectivity index is 2.59. The van der Waals surface area contributed by atoms with Gasteiger partial charge in [-0.2, -0.15) is 0 Å². The van der Waals surface area contributed by atoms with Gasteiger partial charge < -0.3 is 0 Å². The minimum Gasteiger partial charge on any atom is -0.267 e. The van der Waals surface area contributed by atoms with Crippen LogP contribution >= 0.6 is 0 Å². The van der Waals surface area contributed by atoms with Crippen molar-refractivity contribution in [2.45, 2.75) is 19.8 Å². The lowest BCUT2D eigenvalue weighted by molar-refractivity contribution is -0.384. The summed E-state index contributed by atoms with van der Waals surface area (Å²) >= 11 is 0. The van der Waals surface area contributed by atoms with E-state index in [9.17, 15) is 14.9 Å². The quantitative estimate of drug-likeness (QED) is 0.434. The third kappa shape index (κ3) is 3.34. The molecule has 0 aliphatic rings. The van der Waals surface area contributed by atoms with E-state index in [4.69, 9.17) is 0 Å². The van der Waals surface area contributed by atoms with Crippen molar-refractivity contribution in [1.82, 2.24) is 5.32 Å². The molecule has 1 aromatic carbocycles. The number of nitrogens with zero attached hydrogens (tertiary/aromatic N) is 2. The van der Waals surface area contributed by atoms with Crippen LogP contribution in [0.5, 0.6) is 0 Å². The molecule has 0 aliphatic heterocycles. The summed E-state index contributed by atoms with van der Waals surface area (Å²) in [6.45, 7) is 2.53. The van der Waals surface area contributed by atoms with Gasteiger partial charge in [-0.3, -0.25) is 14.9 Å². The Kier molecular flexibility index (Phi) is 4.44. The van der Waals surface area contributed by atoms with Gasteiger partial charge in [0.1, 0.15) is 0 Å². The van der Waals surface area contributed by atoms with Crippen LogP contribution in [-0.2, 0) is 0 Å². The third-order valence-electron chi connectivity index (χ3n) is 2.09. The number of nitro groups is 1. The van der Waals surface area contributed by atoms with Gasteiger partial charge in [-0.05, 0) is 18.6 Å². The highest BCUT2D eigenvalue weighted by Gasteiger charge is 2.09. The molecule has 0 unspecified atom stereocenters. The van der Waals surface area contributed by atoms with Crippen LogP contribution in [0.25, 0.3) is 0 Å². The van der Waals surface area contributed by atoms with Crippen molar-refractivity contribution in [2.75, 3.05) is 6.54 Å². The van der Waals surface area contributed by atoms with Crippen LogP contribution in [0.2, 0.25) is 0 Å². The highest BCUT2D eigenvalue weighted by atomic mass is 16.6. The van der Waals surface area contributed by atoms with Crippen LogP contribution in [0.15, 0.2) is 24.3 Å². The largest absolute Gasteiger partial charge is 0.272 e. The van der Waals surface area contributed by atoms with Crippen LogP contribution in [0, 0.1) is 10.1 Å². The lowest BCUT2D eigenvalue weighted by Crippen LogP contribution is -2.16. The predicted octanol–water partition coefficient (Wildman–Crippen LogP) is 2.14. The number of hydrogen-bond acceptors (Lipinski definition) is 3. The maximum absolute atomic E-state index is 11.5. The summed E-state index contributed by atoms with van der Waals surface area (Å²) in [4.78, 5) is 21.4. The Hall–Kier alpha value is -1.91. The molecular formula is C11H13N2O3. The SMILES string of the molecule is CCCC[N]C(=O)c1ccc([N+](=O)[O-])cc1. The van der Waals surface area contributed by atoms with E-state index < -0.39 is 4.92 Å². The van der Waals surface area contributed by atoms with E-state index in [1.165, 1.54) is 24.3 Å². The molecule has 0 heterocycles. The molecule has 1 aromatic rings. The van der Waals surface area contributed by atoms with E-state index >= 15 is 0 Å². The minimum absolute atomic E-state index is 0.0230. The zero-order valence-electron chi connectivity index (χ0n) is 9.05. The molecule has 0 atom stereocenters. The summed E-state index contributed by atoms with van der Waals surface area (Å²) in [6.07, 6.45) is 1.86. The summed E-state index contributed by atoms with van der Waals surface area (Å²) in [5.74, 6) is -0.316. The van der Waals surface area contributed by atoms with Gasteiger partial charge >= 0.3 is 0 Å². The monoisotopic (exact) mass is 221 g/mol. The molecule has 0 aliphatic carbocycles. The molecule has 0 spiro atoms. The first-order valence-electron chi connectivity index (χ1n) is 5.11. The molecule has 1 radical (unpaired) electrons. The minimum atomic E-state index is -0.498. The zero-order valence-corrected chi connectivity index (χ0v) is 9.05. The second-order valence-electron chi connectivity index (χ2n) is 3.34. The van der Waals surface area contributed by atoms with E-state index in [0.29, 0.717) is 12.1 Å².